The summed E-state index contributed by atoms with van der Waals surface area (Å²) in [5, 5.41) is 0.990. The molecule has 0 unspecified atom stereocenters. The highest BCUT2D eigenvalue weighted by atomic mass is 32.2. The fourth-order valence-electron chi connectivity index (χ4n) is 2.69. The molecule has 0 bridgehead atoms. The second-order valence-corrected chi connectivity index (χ2v) is 8.78. The molecule has 0 N–H and O–H groups in total. The minimum absolute atomic E-state index is 0.00785. The van der Waals surface area contributed by atoms with Crippen molar-refractivity contribution in [3.63, 3.8) is 0 Å². The van der Waals surface area contributed by atoms with Crippen molar-refractivity contribution in [3.8, 4) is 0 Å². The smallest absolute Gasteiger partial charge is 0.223 e. The summed E-state index contributed by atoms with van der Waals surface area (Å²) in [6.07, 6.45) is 0.531. The van der Waals surface area contributed by atoms with Crippen LogP contribution >= 0.6 is 23.1 Å². The first-order valence-corrected chi connectivity index (χ1v) is 10.6. The molecule has 1 atom stereocenters. The van der Waals surface area contributed by atoms with E-state index in [1.165, 1.54) is 20.7 Å². The molecule has 0 radical (unpaired) electrons. The van der Waals surface area contributed by atoms with Gasteiger partial charge in [0.05, 0.1) is 16.3 Å². The Morgan fingerprint density at radius 2 is 1.96 bits per heavy atom. The van der Waals surface area contributed by atoms with Crippen LogP contribution in [-0.2, 0) is 4.79 Å². The zero-order chi connectivity index (χ0) is 18.7. The Bertz CT molecular complexity index is 886. The van der Waals surface area contributed by atoms with E-state index < -0.39 is 0 Å². The number of aryl methyl sites for hydroxylation is 2. The van der Waals surface area contributed by atoms with Crippen LogP contribution in [0.1, 0.15) is 35.5 Å². The fraction of sp³-hybridized carbons (Fsp3) is 0.333. The molecule has 136 valence electrons. The molecule has 0 saturated carbocycles. The molecule has 0 aliphatic heterocycles. The molecule has 26 heavy (non-hydrogen) atoms. The zero-order valence-corrected chi connectivity index (χ0v) is 17.3. The number of hydrogen-bond donors (Lipinski definition) is 0. The van der Waals surface area contributed by atoms with Gasteiger partial charge in [0.15, 0.2) is 0 Å². The molecule has 1 amide bonds. The van der Waals surface area contributed by atoms with Crippen molar-refractivity contribution in [3.05, 3.63) is 58.6 Å². The summed E-state index contributed by atoms with van der Waals surface area (Å²) < 4.78 is 1.17. The van der Waals surface area contributed by atoms with E-state index in [9.17, 15) is 4.79 Å². The lowest BCUT2D eigenvalue weighted by Crippen LogP contribution is -2.29. The predicted octanol–water partition coefficient (Wildman–Crippen LogP) is 5.61. The lowest BCUT2D eigenvalue weighted by Gasteiger charge is -2.23. The normalized spacial score (nSPS) is 12.3. The Morgan fingerprint density at radius 3 is 2.69 bits per heavy atom. The van der Waals surface area contributed by atoms with Gasteiger partial charge < -0.3 is 4.90 Å². The van der Waals surface area contributed by atoms with Crippen LogP contribution < -0.4 is 0 Å². The number of thiazole rings is 1. The number of amides is 1. The summed E-state index contributed by atoms with van der Waals surface area (Å²) in [4.78, 5) is 20.3. The summed E-state index contributed by atoms with van der Waals surface area (Å²) in [5.41, 5.74) is 3.60. The third-order valence-corrected chi connectivity index (χ3v) is 6.91. The van der Waals surface area contributed by atoms with E-state index in [1.54, 1.807) is 23.1 Å². The van der Waals surface area contributed by atoms with Gasteiger partial charge in [-0.15, -0.1) is 23.1 Å². The lowest BCUT2D eigenvalue weighted by molar-refractivity contribution is -0.131. The highest BCUT2D eigenvalue weighted by Gasteiger charge is 2.20. The van der Waals surface area contributed by atoms with Gasteiger partial charge >= 0.3 is 0 Å². The molecule has 3 aromatic rings. The molecule has 0 fully saturated rings. The fourth-order valence-corrected chi connectivity index (χ4v) is 4.69. The topological polar surface area (TPSA) is 33.2 Å². The average molecular weight is 385 g/mol. The van der Waals surface area contributed by atoms with Crippen molar-refractivity contribution in [1.29, 1.82) is 0 Å². The zero-order valence-electron chi connectivity index (χ0n) is 15.7. The number of carbonyl (C=O) groups is 1. The molecule has 0 aliphatic carbocycles. The molecular formula is C21H24N2OS2. The van der Waals surface area contributed by atoms with Crippen molar-refractivity contribution in [2.45, 2.75) is 38.1 Å². The number of benzene rings is 2. The standard InChI is InChI=1S/C21H24N2OS2/c1-14-9-10-17(13-15(14)2)25-12-11-20(24)23(4)16(3)21-22-18-7-5-6-8-19(18)26-21/h5-10,13,16H,11-12H2,1-4H3/t16-/m1/s1. The van der Waals surface area contributed by atoms with Gasteiger partial charge in [-0.05, 0) is 56.2 Å². The highest BCUT2D eigenvalue weighted by Crippen LogP contribution is 2.29. The molecule has 0 aliphatic rings. The lowest BCUT2D eigenvalue weighted by atomic mass is 10.1. The summed E-state index contributed by atoms with van der Waals surface area (Å²) >= 11 is 3.40. The van der Waals surface area contributed by atoms with Gasteiger partial charge in [0.25, 0.3) is 0 Å². The number of aromatic nitrogens is 1. The van der Waals surface area contributed by atoms with Crippen LogP contribution in [0.4, 0.5) is 0 Å². The first kappa shape index (κ1) is 18.9. The number of para-hydroxylation sites is 1. The maximum absolute atomic E-state index is 12.6. The van der Waals surface area contributed by atoms with Gasteiger partial charge in [-0.25, -0.2) is 4.98 Å². The first-order valence-electron chi connectivity index (χ1n) is 8.77. The monoisotopic (exact) mass is 384 g/mol. The molecule has 1 heterocycles. The summed E-state index contributed by atoms with van der Waals surface area (Å²) in [6, 6.07) is 14.6. The van der Waals surface area contributed by atoms with Crippen molar-refractivity contribution < 1.29 is 4.79 Å². The molecule has 0 saturated heterocycles. The van der Waals surface area contributed by atoms with E-state index in [-0.39, 0.29) is 11.9 Å². The van der Waals surface area contributed by atoms with Crippen LogP contribution in [0, 0.1) is 13.8 Å². The minimum Gasteiger partial charge on any atom is -0.337 e. The maximum Gasteiger partial charge on any atom is 0.223 e. The summed E-state index contributed by atoms with van der Waals surface area (Å²) in [6.45, 7) is 6.29. The Hall–Kier alpha value is -1.85. The van der Waals surface area contributed by atoms with E-state index >= 15 is 0 Å². The molecule has 1 aromatic heterocycles. The van der Waals surface area contributed by atoms with Crippen LogP contribution in [0.2, 0.25) is 0 Å². The molecule has 2 aromatic carbocycles. The Kier molecular flexibility index (Phi) is 5.99. The minimum atomic E-state index is -0.00785. The number of rotatable bonds is 6. The molecule has 3 rings (SSSR count). The van der Waals surface area contributed by atoms with Crippen molar-refractivity contribution in [2.75, 3.05) is 12.8 Å². The van der Waals surface area contributed by atoms with Gasteiger partial charge in [0.1, 0.15) is 5.01 Å². The molecule has 3 nitrogen and oxygen atoms in total. The van der Waals surface area contributed by atoms with E-state index in [4.69, 9.17) is 0 Å². The van der Waals surface area contributed by atoms with Crippen LogP contribution in [-0.4, -0.2) is 28.6 Å². The second-order valence-electron chi connectivity index (χ2n) is 6.54. The Labute approximate surface area is 163 Å². The van der Waals surface area contributed by atoms with Gasteiger partial charge in [0, 0.05) is 24.1 Å². The van der Waals surface area contributed by atoms with Crippen molar-refractivity contribution in [2.24, 2.45) is 0 Å². The largest absolute Gasteiger partial charge is 0.337 e. The van der Waals surface area contributed by atoms with Crippen LogP contribution in [0.25, 0.3) is 10.2 Å². The van der Waals surface area contributed by atoms with Crippen LogP contribution in [0.15, 0.2) is 47.4 Å². The second kappa shape index (κ2) is 8.23. The maximum atomic E-state index is 12.6. The number of nitrogens with zero attached hydrogens (tertiary/aromatic N) is 2. The highest BCUT2D eigenvalue weighted by molar-refractivity contribution is 7.99. The third-order valence-electron chi connectivity index (χ3n) is 4.71. The first-order chi connectivity index (χ1) is 12.5. The van der Waals surface area contributed by atoms with E-state index in [1.807, 2.05) is 37.1 Å². The number of thioether (sulfide) groups is 1. The van der Waals surface area contributed by atoms with Gasteiger partial charge in [-0.2, -0.15) is 0 Å². The quantitative estimate of drug-likeness (QED) is 0.518. The molecular weight excluding hydrogens is 360 g/mol. The van der Waals surface area contributed by atoms with Gasteiger partial charge in [0.2, 0.25) is 5.91 Å². The van der Waals surface area contributed by atoms with E-state index in [2.05, 4.69) is 43.1 Å². The van der Waals surface area contributed by atoms with E-state index in [0.717, 1.165) is 16.3 Å². The molecule has 0 spiro atoms. The van der Waals surface area contributed by atoms with Gasteiger partial charge in [-0.3, -0.25) is 4.79 Å². The summed E-state index contributed by atoms with van der Waals surface area (Å²) in [5.74, 6) is 0.950. The Balaban J connectivity index is 1.57. The van der Waals surface area contributed by atoms with Crippen molar-refractivity contribution in [1.82, 2.24) is 9.88 Å². The van der Waals surface area contributed by atoms with Gasteiger partial charge in [-0.1, -0.05) is 18.2 Å². The Morgan fingerprint density at radius 1 is 1.19 bits per heavy atom. The average Bonchev–Trinajstić information content (AvgIpc) is 3.07. The number of fused-ring (bicyclic) bond motifs is 1. The predicted molar refractivity (Wildman–Crippen MR) is 112 cm³/mol. The SMILES string of the molecule is Cc1ccc(SCCC(=O)N(C)[C@H](C)c2nc3ccccc3s2)cc1C. The van der Waals surface area contributed by atoms with Crippen molar-refractivity contribution >= 4 is 39.2 Å². The van der Waals surface area contributed by atoms with Crippen LogP contribution in [0.3, 0.4) is 0 Å². The van der Waals surface area contributed by atoms with Crippen LogP contribution in [0.5, 0.6) is 0 Å². The number of carbonyl (C=O) groups excluding carboxylic acids is 1. The van der Waals surface area contributed by atoms with E-state index in [0.29, 0.717) is 6.42 Å². The number of hydrogen-bond acceptors (Lipinski definition) is 4. The third kappa shape index (κ3) is 4.27. The summed E-state index contributed by atoms with van der Waals surface area (Å²) in [7, 11) is 1.87. The molecule has 5 heteroatoms.